The Bertz CT molecular complexity index is 3480. The molecule has 3 aliphatic carbocycles. The summed E-state index contributed by atoms with van der Waals surface area (Å²) in [7, 11) is 0. The van der Waals surface area contributed by atoms with Crippen LogP contribution in [0.15, 0.2) is 237 Å². The molecule has 0 atom stereocenters. The number of para-hydroxylation sites is 1. The largest absolute Gasteiger partial charge is 0.310 e. The van der Waals surface area contributed by atoms with E-state index in [4.69, 9.17) is 0 Å². The number of nitrogens with zero attached hydrogens (tertiary/aromatic N) is 1. The Kier molecular flexibility index (Phi) is 8.24. The zero-order valence-electron chi connectivity index (χ0n) is 36.5. The summed E-state index contributed by atoms with van der Waals surface area (Å²) in [6.07, 6.45) is 0. The lowest BCUT2D eigenvalue weighted by atomic mass is 9.70. The number of fused-ring (bicyclic) bond motifs is 13. The van der Waals surface area contributed by atoms with Crippen molar-refractivity contribution in [3.63, 3.8) is 0 Å². The summed E-state index contributed by atoms with van der Waals surface area (Å²) in [6, 6.07) is 88.3. The standard InChI is InChI=1S/C64H45N/c1-63(2)55-30-14-9-25-50(55)53-37-36-46(41-60(53)63)65(61-35-18-13-24-48(61)43-22-7-4-8-23-43)47-39-44(42-20-5-3-6-21-42)38-45(40-47)49-29-19-34-59-62(49)54-28-12-17-33-58(54)64(59)56-31-15-10-26-51(56)52-27-11-16-32-57(52)64/h3-41H,1-2H3. The Labute approximate surface area is 381 Å². The van der Waals surface area contributed by atoms with Crippen LogP contribution >= 0.6 is 0 Å². The van der Waals surface area contributed by atoms with Gasteiger partial charge >= 0.3 is 0 Å². The molecular formula is C64H45N. The minimum atomic E-state index is -0.426. The molecule has 0 aromatic heterocycles. The fourth-order valence-electron chi connectivity index (χ4n) is 11.9. The topological polar surface area (TPSA) is 3.24 Å². The van der Waals surface area contributed by atoms with Crippen LogP contribution in [-0.2, 0) is 10.8 Å². The molecule has 0 saturated carbocycles. The molecule has 0 heterocycles. The zero-order chi connectivity index (χ0) is 43.3. The third-order valence-corrected chi connectivity index (χ3v) is 14.7. The van der Waals surface area contributed by atoms with E-state index in [0.717, 1.165) is 17.1 Å². The van der Waals surface area contributed by atoms with Gasteiger partial charge in [-0.25, -0.2) is 0 Å². The normalized spacial score (nSPS) is 13.9. The van der Waals surface area contributed by atoms with E-state index in [0.29, 0.717) is 0 Å². The quantitative estimate of drug-likeness (QED) is 0.161. The van der Waals surface area contributed by atoms with Crippen molar-refractivity contribution < 1.29 is 0 Å². The summed E-state index contributed by atoms with van der Waals surface area (Å²) < 4.78 is 0. The lowest BCUT2D eigenvalue weighted by Crippen LogP contribution is -2.25. The summed E-state index contributed by atoms with van der Waals surface area (Å²) in [6.45, 7) is 4.75. The van der Waals surface area contributed by atoms with Crippen LogP contribution in [0.5, 0.6) is 0 Å². The average Bonchev–Trinajstić information content (AvgIpc) is 3.93. The highest BCUT2D eigenvalue weighted by atomic mass is 15.1. The lowest BCUT2D eigenvalue weighted by Gasteiger charge is -2.31. The van der Waals surface area contributed by atoms with Crippen molar-refractivity contribution in [2.75, 3.05) is 4.90 Å². The number of hydrogen-bond acceptors (Lipinski definition) is 1. The fourth-order valence-corrected chi connectivity index (χ4v) is 11.9. The fraction of sp³-hybridized carbons (Fsp3) is 0.0625. The second-order valence-corrected chi connectivity index (χ2v) is 18.4. The van der Waals surface area contributed by atoms with Crippen LogP contribution in [0.4, 0.5) is 17.1 Å². The Morgan fingerprint density at radius 3 is 1.43 bits per heavy atom. The molecule has 65 heavy (non-hydrogen) atoms. The Balaban J connectivity index is 1.09. The molecule has 10 aromatic rings. The van der Waals surface area contributed by atoms with Crippen molar-refractivity contribution in [1.29, 1.82) is 0 Å². The first-order valence-corrected chi connectivity index (χ1v) is 22.8. The minimum absolute atomic E-state index is 0.158. The van der Waals surface area contributed by atoms with Gasteiger partial charge in [-0.15, -0.1) is 0 Å². The van der Waals surface area contributed by atoms with Crippen LogP contribution < -0.4 is 4.90 Å². The van der Waals surface area contributed by atoms with Gasteiger partial charge in [-0.2, -0.15) is 0 Å². The van der Waals surface area contributed by atoms with Gasteiger partial charge in [0.1, 0.15) is 0 Å². The van der Waals surface area contributed by atoms with Gasteiger partial charge in [0.2, 0.25) is 0 Å². The molecule has 0 bridgehead atoms. The molecule has 0 saturated heterocycles. The van der Waals surface area contributed by atoms with E-state index < -0.39 is 5.41 Å². The van der Waals surface area contributed by atoms with Crippen LogP contribution in [0.25, 0.3) is 66.8 Å². The van der Waals surface area contributed by atoms with Gasteiger partial charge in [0.05, 0.1) is 11.1 Å². The molecule has 0 fully saturated rings. The molecule has 0 amide bonds. The van der Waals surface area contributed by atoms with Crippen molar-refractivity contribution in [1.82, 2.24) is 0 Å². The van der Waals surface area contributed by atoms with E-state index in [9.17, 15) is 0 Å². The first-order valence-electron chi connectivity index (χ1n) is 22.8. The Morgan fingerprint density at radius 2 is 0.754 bits per heavy atom. The van der Waals surface area contributed by atoms with Gasteiger partial charge in [-0.3, -0.25) is 0 Å². The van der Waals surface area contributed by atoms with Gasteiger partial charge in [0.25, 0.3) is 0 Å². The monoisotopic (exact) mass is 827 g/mol. The molecule has 306 valence electrons. The highest BCUT2D eigenvalue weighted by Crippen LogP contribution is 2.64. The van der Waals surface area contributed by atoms with Gasteiger partial charge in [0.15, 0.2) is 0 Å². The number of benzene rings is 10. The van der Waals surface area contributed by atoms with Crippen molar-refractivity contribution in [3.05, 3.63) is 270 Å². The van der Waals surface area contributed by atoms with Crippen molar-refractivity contribution >= 4 is 17.1 Å². The molecule has 3 aliphatic rings. The molecule has 1 spiro atoms. The number of hydrogen-bond donors (Lipinski definition) is 0. The maximum atomic E-state index is 2.51. The molecule has 1 heteroatoms. The van der Waals surface area contributed by atoms with Gasteiger partial charge < -0.3 is 4.90 Å². The van der Waals surface area contributed by atoms with Crippen molar-refractivity contribution in [3.8, 4) is 66.8 Å². The second kappa shape index (κ2) is 14.3. The van der Waals surface area contributed by atoms with Gasteiger partial charge in [-0.1, -0.05) is 214 Å². The lowest BCUT2D eigenvalue weighted by molar-refractivity contribution is 0.660. The predicted molar refractivity (Wildman–Crippen MR) is 271 cm³/mol. The number of anilines is 3. The van der Waals surface area contributed by atoms with Crippen LogP contribution in [0.1, 0.15) is 47.2 Å². The first-order chi connectivity index (χ1) is 32.0. The highest BCUT2D eigenvalue weighted by Gasteiger charge is 2.52. The summed E-state index contributed by atoms with van der Waals surface area (Å²) in [5, 5.41) is 0. The SMILES string of the molecule is CC1(C)c2ccccc2-c2ccc(N(c3cc(-c4ccccc4)cc(-c4cccc5c4-c4ccccc4C54c5ccccc5-c5ccccc54)c3)c3ccccc3-c3ccccc3)cc21. The van der Waals surface area contributed by atoms with Crippen LogP contribution in [-0.4, -0.2) is 0 Å². The maximum Gasteiger partial charge on any atom is 0.0725 e. The van der Waals surface area contributed by atoms with Crippen molar-refractivity contribution in [2.24, 2.45) is 0 Å². The van der Waals surface area contributed by atoms with Crippen LogP contribution in [0, 0.1) is 0 Å². The third-order valence-electron chi connectivity index (χ3n) is 14.7. The maximum absolute atomic E-state index is 2.51. The summed E-state index contributed by atoms with van der Waals surface area (Å²) >= 11 is 0. The van der Waals surface area contributed by atoms with Crippen LogP contribution in [0.3, 0.4) is 0 Å². The molecule has 13 rings (SSSR count). The third kappa shape index (κ3) is 5.39. The van der Waals surface area contributed by atoms with E-state index in [1.54, 1.807) is 0 Å². The zero-order valence-corrected chi connectivity index (χ0v) is 36.5. The molecular weight excluding hydrogens is 783 g/mol. The Hall–Kier alpha value is -8.00. The van der Waals surface area contributed by atoms with E-state index in [2.05, 4.69) is 255 Å². The molecule has 0 aliphatic heterocycles. The first kappa shape index (κ1) is 37.5. The highest BCUT2D eigenvalue weighted by molar-refractivity contribution is 6.01. The van der Waals surface area contributed by atoms with Gasteiger partial charge in [0, 0.05) is 22.4 Å². The second-order valence-electron chi connectivity index (χ2n) is 18.4. The molecule has 0 unspecified atom stereocenters. The van der Waals surface area contributed by atoms with E-state index >= 15 is 0 Å². The summed E-state index contributed by atoms with van der Waals surface area (Å²) in [4.78, 5) is 2.51. The number of rotatable bonds is 6. The van der Waals surface area contributed by atoms with E-state index in [-0.39, 0.29) is 5.41 Å². The predicted octanol–water partition coefficient (Wildman–Crippen LogP) is 16.8. The van der Waals surface area contributed by atoms with E-state index in [1.807, 2.05) is 0 Å². The molecule has 1 nitrogen and oxygen atoms in total. The van der Waals surface area contributed by atoms with Crippen LogP contribution in [0.2, 0.25) is 0 Å². The molecule has 0 N–H and O–H groups in total. The Morgan fingerprint density at radius 1 is 0.277 bits per heavy atom. The molecule has 0 radical (unpaired) electrons. The smallest absolute Gasteiger partial charge is 0.0725 e. The molecule has 10 aromatic carbocycles. The van der Waals surface area contributed by atoms with E-state index in [1.165, 1.54) is 100 Å². The minimum Gasteiger partial charge on any atom is -0.310 e. The summed E-state index contributed by atoms with van der Waals surface area (Å²) in [5.41, 5.74) is 25.9. The van der Waals surface area contributed by atoms with Crippen molar-refractivity contribution in [2.45, 2.75) is 24.7 Å². The average molecular weight is 828 g/mol. The van der Waals surface area contributed by atoms with Gasteiger partial charge in [-0.05, 0) is 131 Å². The summed E-state index contributed by atoms with van der Waals surface area (Å²) in [5.74, 6) is 0.